The van der Waals surface area contributed by atoms with E-state index in [1.165, 1.54) is 0 Å². The molecule has 0 heterocycles. The van der Waals surface area contributed by atoms with E-state index in [-0.39, 0.29) is 19.1 Å². The van der Waals surface area contributed by atoms with Gasteiger partial charge in [0.2, 0.25) is 0 Å². The van der Waals surface area contributed by atoms with Gasteiger partial charge in [0, 0.05) is 31.8 Å². The molecule has 0 spiro atoms. The zero-order chi connectivity index (χ0) is 14.1. The Labute approximate surface area is 114 Å². The van der Waals surface area contributed by atoms with Crippen molar-refractivity contribution in [2.24, 2.45) is 5.73 Å². The maximum Gasteiger partial charge on any atom is 0.260 e. The van der Waals surface area contributed by atoms with Gasteiger partial charge < -0.3 is 20.5 Å². The summed E-state index contributed by atoms with van der Waals surface area (Å²) in [7, 11) is 0. The van der Waals surface area contributed by atoms with Crippen molar-refractivity contribution in [3.8, 4) is 5.75 Å². The maximum absolute atomic E-state index is 11.9. The number of hydrogen-bond donors (Lipinski definition) is 2. The quantitative estimate of drug-likeness (QED) is 0.728. The Morgan fingerprint density at radius 1 is 1.42 bits per heavy atom. The van der Waals surface area contributed by atoms with Gasteiger partial charge in [-0.3, -0.25) is 4.79 Å². The van der Waals surface area contributed by atoms with Gasteiger partial charge in [0.1, 0.15) is 5.75 Å². The monoisotopic (exact) mass is 266 g/mol. The van der Waals surface area contributed by atoms with Crippen LogP contribution in [0.4, 0.5) is 0 Å². The van der Waals surface area contributed by atoms with Crippen LogP contribution >= 0.6 is 0 Å². The second kappa shape index (κ2) is 8.50. The van der Waals surface area contributed by atoms with Crippen LogP contribution in [0.15, 0.2) is 24.3 Å². The molecule has 0 bridgehead atoms. The molecule has 0 aromatic heterocycles. The van der Waals surface area contributed by atoms with Gasteiger partial charge in [-0.1, -0.05) is 18.2 Å². The summed E-state index contributed by atoms with van der Waals surface area (Å²) in [5, 5.41) is 8.79. The highest BCUT2D eigenvalue weighted by Gasteiger charge is 2.12. The van der Waals surface area contributed by atoms with Crippen molar-refractivity contribution in [3.63, 3.8) is 0 Å². The zero-order valence-corrected chi connectivity index (χ0v) is 11.3. The smallest absolute Gasteiger partial charge is 0.260 e. The number of carbonyl (C=O) groups is 1. The highest BCUT2D eigenvalue weighted by molar-refractivity contribution is 5.77. The van der Waals surface area contributed by atoms with E-state index in [9.17, 15) is 4.79 Å². The maximum atomic E-state index is 11.9. The summed E-state index contributed by atoms with van der Waals surface area (Å²) in [5.74, 6) is 0.569. The van der Waals surface area contributed by atoms with E-state index in [2.05, 4.69) is 0 Å². The summed E-state index contributed by atoms with van der Waals surface area (Å²) in [6.45, 7) is 3.53. The van der Waals surface area contributed by atoms with Crippen LogP contribution in [0.1, 0.15) is 18.9 Å². The van der Waals surface area contributed by atoms with Gasteiger partial charge in [-0.2, -0.15) is 0 Å². The number of hydrogen-bond acceptors (Lipinski definition) is 4. The molecule has 0 aliphatic rings. The highest BCUT2D eigenvalue weighted by atomic mass is 16.5. The van der Waals surface area contributed by atoms with Gasteiger partial charge in [-0.05, 0) is 19.4 Å². The van der Waals surface area contributed by atoms with Crippen LogP contribution in [0.2, 0.25) is 0 Å². The average Bonchev–Trinajstić information content (AvgIpc) is 2.46. The summed E-state index contributed by atoms with van der Waals surface area (Å²) >= 11 is 0. The molecule has 0 aliphatic carbocycles. The molecular formula is C14H22N2O3. The molecule has 0 radical (unpaired) electrons. The molecule has 0 fully saturated rings. The molecule has 1 amide bonds. The van der Waals surface area contributed by atoms with Gasteiger partial charge in [-0.25, -0.2) is 0 Å². The van der Waals surface area contributed by atoms with Crippen molar-refractivity contribution in [2.75, 3.05) is 26.3 Å². The Hall–Kier alpha value is -1.59. The molecule has 0 aliphatic heterocycles. The molecule has 5 heteroatoms. The summed E-state index contributed by atoms with van der Waals surface area (Å²) in [6, 6.07) is 7.42. The van der Waals surface area contributed by atoms with E-state index in [0.717, 1.165) is 5.56 Å². The normalized spacial score (nSPS) is 10.3. The third-order valence-electron chi connectivity index (χ3n) is 2.86. The number of aliphatic hydroxyl groups is 1. The number of rotatable bonds is 8. The number of para-hydroxylation sites is 1. The third-order valence-corrected chi connectivity index (χ3v) is 2.86. The van der Waals surface area contributed by atoms with Crippen LogP contribution in [0.3, 0.4) is 0 Å². The molecule has 1 aromatic rings. The summed E-state index contributed by atoms with van der Waals surface area (Å²) in [5.41, 5.74) is 6.49. The van der Waals surface area contributed by atoms with Crippen LogP contribution in [-0.4, -0.2) is 42.2 Å². The van der Waals surface area contributed by atoms with Crippen LogP contribution in [0.25, 0.3) is 0 Å². The number of aliphatic hydroxyl groups excluding tert-OH is 1. The lowest BCUT2D eigenvalue weighted by atomic mass is 10.2. The van der Waals surface area contributed by atoms with Crippen molar-refractivity contribution < 1.29 is 14.6 Å². The number of nitrogens with zero attached hydrogens (tertiary/aromatic N) is 1. The topological polar surface area (TPSA) is 75.8 Å². The van der Waals surface area contributed by atoms with E-state index < -0.39 is 0 Å². The Bertz CT molecular complexity index is 396. The molecule has 0 atom stereocenters. The van der Waals surface area contributed by atoms with E-state index in [1.807, 2.05) is 25.1 Å². The average molecular weight is 266 g/mol. The van der Waals surface area contributed by atoms with Crippen molar-refractivity contribution in [2.45, 2.75) is 19.9 Å². The molecule has 1 rings (SSSR count). The lowest BCUT2D eigenvalue weighted by Gasteiger charge is -2.20. The highest BCUT2D eigenvalue weighted by Crippen LogP contribution is 2.17. The number of likely N-dealkylation sites (N-methyl/N-ethyl adjacent to an activating group) is 1. The van der Waals surface area contributed by atoms with Crippen LogP contribution in [0, 0.1) is 0 Å². The van der Waals surface area contributed by atoms with Crippen molar-refractivity contribution in [1.29, 1.82) is 0 Å². The molecule has 19 heavy (non-hydrogen) atoms. The number of nitrogens with two attached hydrogens (primary N) is 1. The number of ether oxygens (including phenoxy) is 1. The Kier molecular flexibility index (Phi) is 6.92. The minimum Gasteiger partial charge on any atom is -0.483 e. The molecule has 1 aromatic carbocycles. The summed E-state index contributed by atoms with van der Waals surface area (Å²) in [6.07, 6.45) is 0.582. The SMILES string of the molecule is CCN(CCCO)C(=O)COc1ccccc1CN. The van der Waals surface area contributed by atoms with Crippen molar-refractivity contribution in [1.82, 2.24) is 4.90 Å². The van der Waals surface area contributed by atoms with Gasteiger partial charge >= 0.3 is 0 Å². The first-order valence-corrected chi connectivity index (χ1v) is 6.52. The predicted octanol–water partition coefficient (Wildman–Crippen LogP) is 0.755. The molecule has 3 N–H and O–H groups in total. The van der Waals surface area contributed by atoms with Crippen molar-refractivity contribution >= 4 is 5.91 Å². The second-order valence-corrected chi connectivity index (χ2v) is 4.15. The van der Waals surface area contributed by atoms with Gasteiger partial charge in [0.15, 0.2) is 6.61 Å². The number of benzene rings is 1. The molecule has 0 saturated carbocycles. The fourth-order valence-corrected chi connectivity index (χ4v) is 1.76. The number of amides is 1. The van der Waals surface area contributed by atoms with E-state index in [0.29, 0.717) is 31.8 Å². The molecule has 0 saturated heterocycles. The third kappa shape index (κ3) is 4.89. The minimum absolute atomic E-state index is 0.00369. The Morgan fingerprint density at radius 3 is 2.79 bits per heavy atom. The molecule has 0 unspecified atom stereocenters. The Balaban J connectivity index is 2.52. The first-order chi connectivity index (χ1) is 9.22. The first-order valence-electron chi connectivity index (χ1n) is 6.52. The first kappa shape index (κ1) is 15.5. The minimum atomic E-state index is -0.0808. The largest absolute Gasteiger partial charge is 0.483 e. The lowest BCUT2D eigenvalue weighted by Crippen LogP contribution is -2.36. The fourth-order valence-electron chi connectivity index (χ4n) is 1.76. The van der Waals surface area contributed by atoms with Gasteiger partial charge in [0.25, 0.3) is 5.91 Å². The van der Waals surface area contributed by atoms with Crippen LogP contribution < -0.4 is 10.5 Å². The zero-order valence-electron chi connectivity index (χ0n) is 11.3. The van der Waals surface area contributed by atoms with Gasteiger partial charge in [0.05, 0.1) is 0 Å². The number of carbonyl (C=O) groups excluding carboxylic acids is 1. The van der Waals surface area contributed by atoms with Crippen LogP contribution in [-0.2, 0) is 11.3 Å². The van der Waals surface area contributed by atoms with Crippen LogP contribution in [0.5, 0.6) is 5.75 Å². The molecule has 5 nitrogen and oxygen atoms in total. The second-order valence-electron chi connectivity index (χ2n) is 4.15. The standard InChI is InChI=1S/C14H22N2O3/c1-2-16(8-5-9-17)14(18)11-19-13-7-4-3-6-12(13)10-15/h3-4,6-7,17H,2,5,8-11,15H2,1H3. The lowest BCUT2D eigenvalue weighted by molar-refractivity contribution is -0.133. The Morgan fingerprint density at radius 2 is 2.16 bits per heavy atom. The fraction of sp³-hybridized carbons (Fsp3) is 0.500. The molecular weight excluding hydrogens is 244 g/mol. The van der Waals surface area contributed by atoms with Gasteiger partial charge in [-0.15, -0.1) is 0 Å². The van der Waals surface area contributed by atoms with E-state index in [4.69, 9.17) is 15.6 Å². The van der Waals surface area contributed by atoms with Crippen molar-refractivity contribution in [3.05, 3.63) is 29.8 Å². The summed E-state index contributed by atoms with van der Waals surface area (Å²) in [4.78, 5) is 13.6. The van der Waals surface area contributed by atoms with E-state index >= 15 is 0 Å². The summed E-state index contributed by atoms with van der Waals surface area (Å²) < 4.78 is 5.52. The predicted molar refractivity (Wildman–Crippen MR) is 73.8 cm³/mol. The van der Waals surface area contributed by atoms with E-state index in [1.54, 1.807) is 11.0 Å². The molecule has 106 valence electrons.